The molecular weight excluding hydrogens is 226 g/mol. The van der Waals surface area contributed by atoms with Crippen LogP contribution in [0, 0.1) is 11.6 Å². The van der Waals surface area contributed by atoms with E-state index in [9.17, 15) is 8.78 Å². The fourth-order valence-electron chi connectivity index (χ4n) is 1.30. The maximum Gasteiger partial charge on any atom is 0.162 e. The smallest absolute Gasteiger partial charge is 0.162 e. The highest BCUT2D eigenvalue weighted by Gasteiger charge is 2.03. The molecule has 2 N–H and O–H groups in total. The number of nitrogens with zero attached hydrogens (tertiary/aromatic N) is 1. The lowest BCUT2D eigenvalue weighted by Crippen LogP contribution is -1.99. The molecule has 17 heavy (non-hydrogen) atoms. The lowest BCUT2D eigenvalue weighted by atomic mass is 10.3. The predicted octanol–water partition coefficient (Wildman–Crippen LogP) is 2.52. The molecule has 0 radical (unpaired) electrons. The Hall–Kier alpha value is -2.17. The Labute approximate surface area is 96.9 Å². The monoisotopic (exact) mass is 236 g/mol. The molecule has 0 unspecified atom stereocenters. The normalized spacial score (nSPS) is 10.2. The molecule has 5 heteroatoms. The first-order valence-electron chi connectivity index (χ1n) is 4.93. The average Bonchev–Trinajstić information content (AvgIpc) is 2.31. The van der Waals surface area contributed by atoms with Crippen molar-refractivity contribution in [3.8, 4) is 5.75 Å². The topological polar surface area (TPSA) is 48.1 Å². The summed E-state index contributed by atoms with van der Waals surface area (Å²) in [5, 5.41) is 0. The number of anilines is 1. The third-order valence-corrected chi connectivity index (χ3v) is 2.12. The molecule has 0 bridgehead atoms. The van der Waals surface area contributed by atoms with Crippen molar-refractivity contribution in [2.24, 2.45) is 0 Å². The molecule has 88 valence electrons. The maximum atomic E-state index is 12.9. The number of pyridine rings is 1. The van der Waals surface area contributed by atoms with Crippen molar-refractivity contribution in [2.75, 3.05) is 5.73 Å². The number of rotatable bonds is 3. The summed E-state index contributed by atoms with van der Waals surface area (Å²) in [4.78, 5) is 4.02. The van der Waals surface area contributed by atoms with Crippen molar-refractivity contribution in [3.05, 3.63) is 53.9 Å². The summed E-state index contributed by atoms with van der Waals surface area (Å²) in [5.41, 5.74) is 6.76. The molecule has 0 fully saturated rings. The number of ether oxygens (including phenoxy) is 1. The number of nitrogens with two attached hydrogens (primary N) is 1. The Kier molecular flexibility index (Phi) is 3.18. The van der Waals surface area contributed by atoms with E-state index in [1.807, 2.05) is 0 Å². The average molecular weight is 236 g/mol. The fourth-order valence-corrected chi connectivity index (χ4v) is 1.30. The van der Waals surface area contributed by atoms with Crippen LogP contribution >= 0.6 is 0 Å². The minimum Gasteiger partial charge on any atom is -0.487 e. The van der Waals surface area contributed by atoms with Crippen LogP contribution in [0.3, 0.4) is 0 Å². The molecule has 2 aromatic rings. The van der Waals surface area contributed by atoms with Crippen LogP contribution in [-0.2, 0) is 6.61 Å². The number of benzene rings is 1. The van der Waals surface area contributed by atoms with Gasteiger partial charge in [-0.2, -0.15) is 0 Å². The Morgan fingerprint density at radius 1 is 1.12 bits per heavy atom. The van der Waals surface area contributed by atoms with Gasteiger partial charge in [0.25, 0.3) is 0 Å². The van der Waals surface area contributed by atoms with Crippen molar-refractivity contribution in [3.63, 3.8) is 0 Å². The van der Waals surface area contributed by atoms with E-state index in [2.05, 4.69) is 4.98 Å². The first-order chi connectivity index (χ1) is 8.15. The molecule has 0 aliphatic heterocycles. The molecule has 0 amide bonds. The summed E-state index contributed by atoms with van der Waals surface area (Å²) in [7, 11) is 0. The van der Waals surface area contributed by atoms with E-state index in [-0.39, 0.29) is 12.4 Å². The van der Waals surface area contributed by atoms with E-state index >= 15 is 0 Å². The van der Waals surface area contributed by atoms with Gasteiger partial charge in [0, 0.05) is 18.0 Å². The van der Waals surface area contributed by atoms with E-state index in [4.69, 9.17) is 10.5 Å². The summed E-state index contributed by atoms with van der Waals surface area (Å²) in [6.07, 6.45) is 1.55. The maximum absolute atomic E-state index is 12.9. The van der Waals surface area contributed by atoms with Crippen molar-refractivity contribution in [1.82, 2.24) is 4.98 Å². The second-order valence-corrected chi connectivity index (χ2v) is 3.45. The van der Waals surface area contributed by atoms with Crippen molar-refractivity contribution in [2.45, 2.75) is 6.61 Å². The standard InChI is InChI=1S/C12H10F2N2O/c13-11-2-1-10(6-12(11)14)17-7-9-5-8(15)3-4-16-9/h1-6H,7H2,(H2,15,16). The predicted molar refractivity (Wildman–Crippen MR) is 59.3 cm³/mol. The number of hydrogen-bond acceptors (Lipinski definition) is 3. The minimum atomic E-state index is -0.942. The van der Waals surface area contributed by atoms with Gasteiger partial charge in [-0.3, -0.25) is 4.98 Å². The van der Waals surface area contributed by atoms with Crippen molar-refractivity contribution < 1.29 is 13.5 Å². The molecule has 0 aliphatic rings. The van der Waals surface area contributed by atoms with E-state index < -0.39 is 11.6 Å². The molecular formula is C12H10F2N2O. The first-order valence-corrected chi connectivity index (χ1v) is 4.93. The lowest BCUT2D eigenvalue weighted by molar-refractivity contribution is 0.298. The Morgan fingerprint density at radius 2 is 1.94 bits per heavy atom. The van der Waals surface area contributed by atoms with Gasteiger partial charge in [-0.15, -0.1) is 0 Å². The largest absolute Gasteiger partial charge is 0.487 e. The molecule has 2 rings (SSSR count). The quantitative estimate of drug-likeness (QED) is 0.890. The Morgan fingerprint density at radius 3 is 2.65 bits per heavy atom. The van der Waals surface area contributed by atoms with Crippen LogP contribution in [-0.4, -0.2) is 4.98 Å². The molecule has 1 heterocycles. The molecule has 0 atom stereocenters. The zero-order valence-corrected chi connectivity index (χ0v) is 8.86. The first kappa shape index (κ1) is 11.3. The highest BCUT2D eigenvalue weighted by molar-refractivity contribution is 5.37. The highest BCUT2D eigenvalue weighted by Crippen LogP contribution is 2.16. The van der Waals surface area contributed by atoms with Gasteiger partial charge in [0.1, 0.15) is 12.4 Å². The van der Waals surface area contributed by atoms with Crippen LogP contribution in [0.25, 0.3) is 0 Å². The van der Waals surface area contributed by atoms with Crippen LogP contribution in [0.4, 0.5) is 14.5 Å². The zero-order valence-electron chi connectivity index (χ0n) is 8.86. The number of halogens is 2. The second-order valence-electron chi connectivity index (χ2n) is 3.45. The zero-order chi connectivity index (χ0) is 12.3. The molecule has 3 nitrogen and oxygen atoms in total. The summed E-state index contributed by atoms with van der Waals surface area (Å²) >= 11 is 0. The minimum absolute atomic E-state index is 0.149. The third-order valence-electron chi connectivity index (χ3n) is 2.12. The number of aromatic nitrogens is 1. The third kappa shape index (κ3) is 2.90. The number of hydrogen-bond donors (Lipinski definition) is 1. The van der Waals surface area contributed by atoms with Crippen LogP contribution in [0.1, 0.15) is 5.69 Å². The molecule has 1 aromatic carbocycles. The molecule has 0 saturated heterocycles. The lowest BCUT2D eigenvalue weighted by Gasteiger charge is -2.06. The molecule has 1 aromatic heterocycles. The van der Waals surface area contributed by atoms with Gasteiger partial charge in [0.15, 0.2) is 11.6 Å². The number of nitrogen functional groups attached to an aromatic ring is 1. The van der Waals surface area contributed by atoms with Crippen LogP contribution < -0.4 is 10.5 Å². The Balaban J connectivity index is 2.05. The van der Waals surface area contributed by atoms with Crippen LogP contribution in [0.5, 0.6) is 5.75 Å². The van der Waals surface area contributed by atoms with Gasteiger partial charge in [-0.25, -0.2) is 8.78 Å². The van der Waals surface area contributed by atoms with Crippen LogP contribution in [0.15, 0.2) is 36.5 Å². The summed E-state index contributed by atoms with van der Waals surface area (Å²) < 4.78 is 30.8. The SMILES string of the molecule is Nc1ccnc(COc2ccc(F)c(F)c2)c1. The van der Waals surface area contributed by atoms with E-state index in [1.165, 1.54) is 6.07 Å². The van der Waals surface area contributed by atoms with Gasteiger partial charge >= 0.3 is 0 Å². The van der Waals surface area contributed by atoms with E-state index in [0.29, 0.717) is 11.4 Å². The Bertz CT molecular complexity index is 532. The summed E-state index contributed by atoms with van der Waals surface area (Å²) in [6, 6.07) is 6.66. The summed E-state index contributed by atoms with van der Waals surface area (Å²) in [5.74, 6) is -1.60. The van der Waals surface area contributed by atoms with Gasteiger partial charge in [-0.05, 0) is 24.3 Å². The van der Waals surface area contributed by atoms with Gasteiger partial charge < -0.3 is 10.5 Å². The van der Waals surface area contributed by atoms with Gasteiger partial charge in [-0.1, -0.05) is 0 Å². The fraction of sp³-hybridized carbons (Fsp3) is 0.0833. The van der Waals surface area contributed by atoms with Gasteiger partial charge in [0.2, 0.25) is 0 Å². The van der Waals surface area contributed by atoms with Crippen molar-refractivity contribution >= 4 is 5.69 Å². The van der Waals surface area contributed by atoms with E-state index in [0.717, 1.165) is 12.1 Å². The molecule has 0 spiro atoms. The highest BCUT2D eigenvalue weighted by atomic mass is 19.2. The van der Waals surface area contributed by atoms with E-state index in [1.54, 1.807) is 18.3 Å². The second kappa shape index (κ2) is 4.78. The van der Waals surface area contributed by atoms with Gasteiger partial charge in [0.05, 0.1) is 5.69 Å². The van der Waals surface area contributed by atoms with Crippen molar-refractivity contribution in [1.29, 1.82) is 0 Å². The van der Waals surface area contributed by atoms with Crippen LogP contribution in [0.2, 0.25) is 0 Å². The summed E-state index contributed by atoms with van der Waals surface area (Å²) in [6.45, 7) is 0.149. The molecule has 0 aliphatic carbocycles. The molecule has 0 saturated carbocycles.